The van der Waals surface area contributed by atoms with Gasteiger partial charge < -0.3 is 9.64 Å². The first kappa shape index (κ1) is 13.2. The Morgan fingerprint density at radius 2 is 2.05 bits per heavy atom. The van der Waals surface area contributed by atoms with Gasteiger partial charge in [-0.3, -0.25) is 5.10 Å². The molecule has 0 atom stereocenters. The van der Waals surface area contributed by atoms with Gasteiger partial charge in [0, 0.05) is 18.7 Å². The fourth-order valence-corrected chi connectivity index (χ4v) is 2.86. The molecule has 0 saturated carbocycles. The molecule has 0 aliphatic carbocycles. The van der Waals surface area contributed by atoms with E-state index in [0.717, 1.165) is 48.8 Å². The number of benzene rings is 1. The lowest BCUT2D eigenvalue weighted by Gasteiger charge is -2.28. The monoisotopic (exact) mass is 295 g/mol. The van der Waals surface area contributed by atoms with Crippen molar-refractivity contribution in [3.05, 3.63) is 36.2 Å². The van der Waals surface area contributed by atoms with Gasteiger partial charge in [0.1, 0.15) is 12.1 Å². The fourth-order valence-electron chi connectivity index (χ4n) is 2.86. The molecule has 0 bridgehead atoms. The SMILES string of the molecule is Cc1cccc(-c2[nH]nc3ncnc(N4CCOCC4)c23)c1. The van der Waals surface area contributed by atoms with Crippen molar-refractivity contribution in [2.75, 3.05) is 31.2 Å². The van der Waals surface area contributed by atoms with Gasteiger partial charge in [-0.15, -0.1) is 0 Å². The highest BCUT2D eigenvalue weighted by molar-refractivity contribution is 5.99. The van der Waals surface area contributed by atoms with E-state index in [1.165, 1.54) is 5.56 Å². The van der Waals surface area contributed by atoms with Gasteiger partial charge in [-0.1, -0.05) is 23.8 Å². The van der Waals surface area contributed by atoms with Crippen LogP contribution in [0.15, 0.2) is 30.6 Å². The third-order valence-electron chi connectivity index (χ3n) is 3.95. The molecular weight excluding hydrogens is 278 g/mol. The molecule has 1 saturated heterocycles. The lowest BCUT2D eigenvalue weighted by atomic mass is 10.1. The van der Waals surface area contributed by atoms with E-state index in [1.807, 2.05) is 0 Å². The summed E-state index contributed by atoms with van der Waals surface area (Å²) < 4.78 is 5.44. The molecule has 112 valence electrons. The summed E-state index contributed by atoms with van der Waals surface area (Å²) in [5.74, 6) is 0.929. The third kappa shape index (κ3) is 2.21. The topological polar surface area (TPSA) is 66.9 Å². The summed E-state index contributed by atoms with van der Waals surface area (Å²) >= 11 is 0. The van der Waals surface area contributed by atoms with Gasteiger partial charge in [0.2, 0.25) is 0 Å². The zero-order valence-corrected chi connectivity index (χ0v) is 12.4. The number of morpholine rings is 1. The predicted molar refractivity (Wildman–Crippen MR) is 84.9 cm³/mol. The smallest absolute Gasteiger partial charge is 0.186 e. The van der Waals surface area contributed by atoms with Gasteiger partial charge in [-0.25, -0.2) is 9.97 Å². The second-order valence-corrected chi connectivity index (χ2v) is 5.46. The summed E-state index contributed by atoms with van der Waals surface area (Å²) in [6, 6.07) is 8.36. The zero-order valence-electron chi connectivity index (χ0n) is 12.4. The molecule has 1 fully saturated rings. The first-order chi connectivity index (χ1) is 10.8. The van der Waals surface area contributed by atoms with E-state index in [4.69, 9.17) is 4.74 Å². The molecule has 1 aliphatic rings. The van der Waals surface area contributed by atoms with Crippen molar-refractivity contribution in [2.45, 2.75) is 6.92 Å². The van der Waals surface area contributed by atoms with Gasteiger partial charge in [-0.05, 0) is 13.0 Å². The number of rotatable bonds is 2. The van der Waals surface area contributed by atoms with Gasteiger partial charge in [0.25, 0.3) is 0 Å². The summed E-state index contributed by atoms with van der Waals surface area (Å²) in [4.78, 5) is 11.0. The van der Waals surface area contributed by atoms with Crippen LogP contribution in [-0.2, 0) is 4.74 Å². The molecule has 6 nitrogen and oxygen atoms in total. The Kier molecular flexibility index (Phi) is 3.23. The molecule has 1 aliphatic heterocycles. The van der Waals surface area contributed by atoms with Crippen LogP contribution in [-0.4, -0.2) is 46.5 Å². The maximum atomic E-state index is 5.44. The van der Waals surface area contributed by atoms with Crippen LogP contribution < -0.4 is 4.90 Å². The van der Waals surface area contributed by atoms with Crippen molar-refractivity contribution >= 4 is 16.9 Å². The van der Waals surface area contributed by atoms with E-state index in [-0.39, 0.29) is 0 Å². The molecule has 4 rings (SSSR count). The maximum absolute atomic E-state index is 5.44. The van der Waals surface area contributed by atoms with Gasteiger partial charge in [-0.2, -0.15) is 5.10 Å². The van der Waals surface area contributed by atoms with Crippen molar-refractivity contribution in [3.63, 3.8) is 0 Å². The number of nitrogens with zero attached hydrogens (tertiary/aromatic N) is 4. The van der Waals surface area contributed by atoms with Crippen LogP contribution in [0, 0.1) is 6.92 Å². The third-order valence-corrected chi connectivity index (χ3v) is 3.95. The number of H-pyrrole nitrogens is 1. The second-order valence-electron chi connectivity index (χ2n) is 5.46. The van der Waals surface area contributed by atoms with E-state index in [9.17, 15) is 0 Å². The molecule has 0 spiro atoms. The van der Waals surface area contributed by atoms with Crippen molar-refractivity contribution in [3.8, 4) is 11.3 Å². The first-order valence-corrected chi connectivity index (χ1v) is 7.42. The Morgan fingerprint density at radius 3 is 2.86 bits per heavy atom. The van der Waals surface area contributed by atoms with Gasteiger partial charge in [0.05, 0.1) is 24.3 Å². The van der Waals surface area contributed by atoms with E-state index in [0.29, 0.717) is 5.65 Å². The molecule has 2 aromatic heterocycles. The van der Waals surface area contributed by atoms with Gasteiger partial charge >= 0.3 is 0 Å². The van der Waals surface area contributed by atoms with Crippen molar-refractivity contribution in [1.82, 2.24) is 20.2 Å². The van der Waals surface area contributed by atoms with Crippen molar-refractivity contribution in [2.24, 2.45) is 0 Å². The van der Waals surface area contributed by atoms with Crippen LogP contribution in [0.4, 0.5) is 5.82 Å². The lowest BCUT2D eigenvalue weighted by molar-refractivity contribution is 0.122. The minimum atomic E-state index is 0.702. The van der Waals surface area contributed by atoms with Crippen molar-refractivity contribution in [1.29, 1.82) is 0 Å². The largest absolute Gasteiger partial charge is 0.378 e. The number of anilines is 1. The van der Waals surface area contributed by atoms with Crippen LogP contribution >= 0.6 is 0 Å². The molecule has 1 N–H and O–H groups in total. The minimum Gasteiger partial charge on any atom is -0.378 e. The number of aryl methyl sites for hydroxylation is 1. The van der Waals surface area contributed by atoms with Crippen LogP contribution in [0.3, 0.4) is 0 Å². The highest BCUT2D eigenvalue weighted by Gasteiger charge is 2.20. The zero-order chi connectivity index (χ0) is 14.9. The number of fused-ring (bicyclic) bond motifs is 1. The molecule has 3 aromatic rings. The first-order valence-electron chi connectivity index (χ1n) is 7.42. The summed E-state index contributed by atoms with van der Waals surface area (Å²) in [7, 11) is 0. The standard InChI is InChI=1S/C16H17N5O/c1-11-3-2-4-12(9-11)14-13-15(20-19-14)17-10-18-16(13)21-5-7-22-8-6-21/h2-4,9-10H,5-8H2,1H3,(H,17,18,19,20). The van der Waals surface area contributed by atoms with Crippen molar-refractivity contribution < 1.29 is 4.74 Å². The summed E-state index contributed by atoms with van der Waals surface area (Å²) in [5.41, 5.74) is 3.99. The maximum Gasteiger partial charge on any atom is 0.186 e. The van der Waals surface area contributed by atoms with E-state index in [2.05, 4.69) is 56.3 Å². The Labute approximate surface area is 128 Å². The average Bonchev–Trinajstić information content (AvgIpc) is 3.00. The number of hydrogen-bond acceptors (Lipinski definition) is 5. The number of nitrogens with one attached hydrogen (secondary N) is 1. The molecule has 1 aromatic carbocycles. The number of ether oxygens (including phenoxy) is 1. The Bertz CT molecular complexity index is 807. The minimum absolute atomic E-state index is 0.702. The van der Waals surface area contributed by atoms with Crippen LogP contribution in [0.1, 0.15) is 5.56 Å². The highest BCUT2D eigenvalue weighted by atomic mass is 16.5. The number of aromatic nitrogens is 4. The quantitative estimate of drug-likeness (QED) is 0.785. The van der Waals surface area contributed by atoms with Crippen LogP contribution in [0.5, 0.6) is 0 Å². The predicted octanol–water partition coefficient (Wildman–Crippen LogP) is 2.16. The van der Waals surface area contributed by atoms with Crippen LogP contribution in [0.25, 0.3) is 22.3 Å². The van der Waals surface area contributed by atoms with Crippen LogP contribution in [0.2, 0.25) is 0 Å². The van der Waals surface area contributed by atoms with E-state index in [1.54, 1.807) is 6.33 Å². The lowest BCUT2D eigenvalue weighted by Crippen LogP contribution is -2.36. The molecular formula is C16H17N5O. The summed E-state index contributed by atoms with van der Waals surface area (Å²) in [6.45, 7) is 5.21. The second kappa shape index (κ2) is 5.38. The average molecular weight is 295 g/mol. The number of hydrogen-bond donors (Lipinski definition) is 1. The molecule has 6 heteroatoms. The molecule has 0 unspecified atom stereocenters. The molecule has 3 heterocycles. The molecule has 0 amide bonds. The summed E-state index contributed by atoms with van der Waals surface area (Å²) in [5, 5.41) is 8.45. The number of aromatic amines is 1. The summed E-state index contributed by atoms with van der Waals surface area (Å²) in [6.07, 6.45) is 1.58. The van der Waals surface area contributed by atoms with E-state index >= 15 is 0 Å². The fraction of sp³-hybridized carbons (Fsp3) is 0.312. The normalized spacial score (nSPS) is 15.4. The molecule has 22 heavy (non-hydrogen) atoms. The van der Waals surface area contributed by atoms with E-state index < -0.39 is 0 Å². The highest BCUT2D eigenvalue weighted by Crippen LogP contribution is 2.32. The Hall–Kier alpha value is -2.47. The molecule has 0 radical (unpaired) electrons. The van der Waals surface area contributed by atoms with Gasteiger partial charge in [0.15, 0.2) is 5.65 Å². The Balaban J connectivity index is 1.89. The Morgan fingerprint density at radius 1 is 1.18 bits per heavy atom.